The summed E-state index contributed by atoms with van der Waals surface area (Å²) in [4.78, 5) is 3.93. The van der Waals surface area contributed by atoms with Gasteiger partial charge in [0.15, 0.2) is 5.69 Å². The maximum absolute atomic E-state index is 14.0. The number of benzene rings is 3. The quantitative estimate of drug-likeness (QED) is 0.228. The molecule has 0 spiro atoms. The Morgan fingerprint density at radius 2 is 1.33 bits per heavy atom. The van der Waals surface area contributed by atoms with Crippen LogP contribution in [0.2, 0.25) is 0 Å². The van der Waals surface area contributed by atoms with E-state index in [4.69, 9.17) is 0 Å². The molecule has 0 radical (unpaired) electrons. The number of nitrogens with zero attached hydrogens (tertiary/aromatic N) is 1. The zero-order valence-corrected chi connectivity index (χ0v) is 18.4. The Morgan fingerprint density at radius 3 is 1.97 bits per heavy atom. The van der Waals surface area contributed by atoms with E-state index in [-0.39, 0.29) is 11.1 Å². The number of halogens is 5. The SMILES string of the molecule is FC(F)(F)c1nc2ccccc2c(-c2ccc(Br)cc2)c1C#Cc1ccc(Br)cc1. The first kappa shape index (κ1) is 20.6. The van der Waals surface area contributed by atoms with Crippen molar-refractivity contribution in [2.24, 2.45) is 0 Å². The molecule has 0 saturated carbocycles. The number of hydrogen-bond acceptors (Lipinski definition) is 1. The van der Waals surface area contributed by atoms with E-state index in [2.05, 4.69) is 48.7 Å². The minimum absolute atomic E-state index is 0.133. The van der Waals surface area contributed by atoms with E-state index in [0.717, 1.165) is 8.95 Å². The molecule has 0 aliphatic heterocycles. The number of fused-ring (bicyclic) bond motifs is 1. The largest absolute Gasteiger partial charge is 0.434 e. The summed E-state index contributed by atoms with van der Waals surface area (Å²) in [5, 5.41) is 0.618. The Morgan fingerprint density at radius 1 is 0.733 bits per heavy atom. The molecule has 4 rings (SSSR count). The Labute approximate surface area is 188 Å². The molecule has 6 heteroatoms. The van der Waals surface area contributed by atoms with E-state index in [1.807, 2.05) is 0 Å². The second kappa shape index (κ2) is 8.25. The van der Waals surface area contributed by atoms with E-state index < -0.39 is 11.9 Å². The van der Waals surface area contributed by atoms with Gasteiger partial charge in [-0.2, -0.15) is 13.2 Å². The average molecular weight is 531 g/mol. The van der Waals surface area contributed by atoms with Gasteiger partial charge in [-0.25, -0.2) is 4.98 Å². The predicted molar refractivity (Wildman–Crippen MR) is 120 cm³/mol. The van der Waals surface area contributed by atoms with Crippen LogP contribution in [0.1, 0.15) is 16.8 Å². The van der Waals surface area contributed by atoms with Crippen molar-refractivity contribution in [3.8, 4) is 23.0 Å². The van der Waals surface area contributed by atoms with Crippen molar-refractivity contribution in [1.29, 1.82) is 0 Å². The third-order valence-electron chi connectivity index (χ3n) is 4.47. The molecule has 0 N–H and O–H groups in total. The van der Waals surface area contributed by atoms with Crippen molar-refractivity contribution < 1.29 is 13.2 Å². The molecule has 1 heterocycles. The molecule has 4 aromatic rings. The summed E-state index contributed by atoms with van der Waals surface area (Å²) in [6.45, 7) is 0. The second-order valence-corrected chi connectivity index (χ2v) is 8.32. The van der Waals surface area contributed by atoms with Crippen LogP contribution in [-0.4, -0.2) is 4.98 Å². The highest BCUT2D eigenvalue weighted by Gasteiger charge is 2.37. The maximum atomic E-state index is 14.0. The minimum atomic E-state index is -4.64. The topological polar surface area (TPSA) is 12.9 Å². The molecule has 0 bridgehead atoms. The molecular weight excluding hydrogens is 519 g/mol. The molecule has 1 nitrogen and oxygen atoms in total. The van der Waals surface area contributed by atoms with Gasteiger partial charge in [0.1, 0.15) is 0 Å². The molecule has 148 valence electrons. The summed E-state index contributed by atoms with van der Waals surface area (Å²) in [7, 11) is 0. The smallest absolute Gasteiger partial charge is 0.242 e. The highest BCUT2D eigenvalue weighted by Crippen LogP contribution is 2.39. The van der Waals surface area contributed by atoms with Crippen molar-refractivity contribution in [3.63, 3.8) is 0 Å². The van der Waals surface area contributed by atoms with Gasteiger partial charge in [-0.1, -0.05) is 74.0 Å². The van der Waals surface area contributed by atoms with Crippen molar-refractivity contribution >= 4 is 42.8 Å². The summed E-state index contributed by atoms with van der Waals surface area (Å²) in [5.41, 5.74) is 0.834. The van der Waals surface area contributed by atoms with Crippen LogP contribution < -0.4 is 0 Å². The van der Waals surface area contributed by atoms with Crippen LogP contribution in [0.15, 0.2) is 81.7 Å². The molecule has 0 amide bonds. The Kier molecular flexibility index (Phi) is 5.68. The highest BCUT2D eigenvalue weighted by atomic mass is 79.9. The molecule has 0 aliphatic rings. The van der Waals surface area contributed by atoms with Crippen LogP contribution >= 0.6 is 31.9 Å². The summed E-state index contributed by atoms with van der Waals surface area (Å²) >= 11 is 6.72. The molecule has 0 aliphatic carbocycles. The van der Waals surface area contributed by atoms with E-state index in [0.29, 0.717) is 22.1 Å². The van der Waals surface area contributed by atoms with Crippen LogP contribution in [0.5, 0.6) is 0 Å². The van der Waals surface area contributed by atoms with Gasteiger partial charge in [-0.05, 0) is 48.0 Å². The molecule has 3 aromatic carbocycles. The molecular formula is C24H12Br2F3N. The van der Waals surface area contributed by atoms with Crippen LogP contribution in [0, 0.1) is 11.8 Å². The first-order valence-electron chi connectivity index (χ1n) is 8.86. The first-order valence-corrected chi connectivity index (χ1v) is 10.4. The van der Waals surface area contributed by atoms with Crippen molar-refractivity contribution in [3.05, 3.63) is 98.6 Å². The Bertz CT molecular complexity index is 1280. The van der Waals surface area contributed by atoms with E-state index in [1.54, 1.807) is 72.8 Å². The number of alkyl halides is 3. The number of aromatic nitrogens is 1. The molecule has 0 unspecified atom stereocenters. The van der Waals surface area contributed by atoms with Crippen molar-refractivity contribution in [2.75, 3.05) is 0 Å². The van der Waals surface area contributed by atoms with Gasteiger partial charge in [0.25, 0.3) is 0 Å². The fourth-order valence-corrected chi connectivity index (χ4v) is 3.65. The van der Waals surface area contributed by atoms with E-state index in [9.17, 15) is 13.2 Å². The maximum Gasteiger partial charge on any atom is 0.434 e. The standard InChI is InChI=1S/C24H12Br2F3N/c25-17-10-5-15(6-11-17)7-14-20-22(16-8-12-18(26)13-9-16)19-3-1-2-4-21(19)30-23(20)24(27,28)29/h1-6,8-13H. The molecule has 0 atom stereocenters. The summed E-state index contributed by atoms with van der Waals surface area (Å²) < 4.78 is 43.6. The minimum Gasteiger partial charge on any atom is -0.242 e. The number of rotatable bonds is 1. The van der Waals surface area contributed by atoms with Crippen molar-refractivity contribution in [2.45, 2.75) is 6.18 Å². The number of pyridine rings is 1. The number of hydrogen-bond donors (Lipinski definition) is 0. The summed E-state index contributed by atoms with van der Waals surface area (Å²) in [6, 6.07) is 21.0. The van der Waals surface area contributed by atoms with Gasteiger partial charge in [0.2, 0.25) is 0 Å². The van der Waals surface area contributed by atoms with Gasteiger partial charge in [0.05, 0.1) is 11.1 Å². The molecule has 1 aromatic heterocycles. The second-order valence-electron chi connectivity index (χ2n) is 6.49. The van der Waals surface area contributed by atoms with Crippen LogP contribution in [0.3, 0.4) is 0 Å². The lowest BCUT2D eigenvalue weighted by atomic mass is 9.94. The molecule has 0 fully saturated rings. The van der Waals surface area contributed by atoms with Crippen molar-refractivity contribution in [1.82, 2.24) is 4.98 Å². The first-order chi connectivity index (χ1) is 14.3. The predicted octanol–water partition coefficient (Wildman–Crippen LogP) is 7.85. The van der Waals surface area contributed by atoms with Gasteiger partial charge in [-0.15, -0.1) is 0 Å². The average Bonchev–Trinajstić information content (AvgIpc) is 2.72. The highest BCUT2D eigenvalue weighted by molar-refractivity contribution is 9.10. The number of para-hydroxylation sites is 1. The van der Waals surface area contributed by atoms with Gasteiger partial charge >= 0.3 is 6.18 Å². The van der Waals surface area contributed by atoms with Gasteiger partial charge in [0, 0.05) is 25.5 Å². The van der Waals surface area contributed by atoms with E-state index in [1.165, 1.54) is 0 Å². The fourth-order valence-electron chi connectivity index (χ4n) is 3.12. The third-order valence-corrected chi connectivity index (χ3v) is 5.53. The summed E-state index contributed by atoms with van der Waals surface area (Å²) in [6.07, 6.45) is -4.64. The van der Waals surface area contributed by atoms with Gasteiger partial charge in [-0.3, -0.25) is 0 Å². The van der Waals surface area contributed by atoms with Gasteiger partial charge < -0.3 is 0 Å². The van der Waals surface area contributed by atoms with Crippen LogP contribution in [0.4, 0.5) is 13.2 Å². The van der Waals surface area contributed by atoms with Crippen LogP contribution in [-0.2, 0) is 6.18 Å². The lowest BCUT2D eigenvalue weighted by molar-refractivity contribution is -0.141. The Hall–Kier alpha value is -2.62. The normalized spacial score (nSPS) is 11.2. The lowest BCUT2D eigenvalue weighted by Gasteiger charge is -2.16. The zero-order valence-electron chi connectivity index (χ0n) is 15.3. The fraction of sp³-hybridized carbons (Fsp3) is 0.0417. The Balaban J connectivity index is 2.06. The lowest BCUT2D eigenvalue weighted by Crippen LogP contribution is -2.12. The summed E-state index contributed by atoms with van der Waals surface area (Å²) in [5.74, 6) is 5.64. The zero-order chi connectivity index (χ0) is 21.3. The molecule has 0 saturated heterocycles. The monoisotopic (exact) mass is 529 g/mol. The van der Waals surface area contributed by atoms with Crippen LogP contribution in [0.25, 0.3) is 22.0 Å². The molecule has 30 heavy (non-hydrogen) atoms. The third kappa shape index (κ3) is 4.28. The van der Waals surface area contributed by atoms with E-state index >= 15 is 0 Å².